The summed E-state index contributed by atoms with van der Waals surface area (Å²) in [6, 6.07) is 11.3. The van der Waals surface area contributed by atoms with Gasteiger partial charge in [0.05, 0.1) is 6.54 Å². The number of carboxylic acid groups (broad SMARTS) is 1. The average molecular weight is 326 g/mol. The van der Waals surface area contributed by atoms with Crippen LogP contribution >= 0.6 is 0 Å². The van der Waals surface area contributed by atoms with Gasteiger partial charge in [-0.15, -0.1) is 0 Å². The third-order valence-corrected chi connectivity index (χ3v) is 3.60. The Morgan fingerprint density at radius 2 is 1.96 bits per heavy atom. The van der Waals surface area contributed by atoms with Gasteiger partial charge in [0.15, 0.2) is 11.5 Å². The van der Waals surface area contributed by atoms with E-state index in [-0.39, 0.29) is 24.1 Å². The van der Waals surface area contributed by atoms with Crippen LogP contribution < -0.4 is 0 Å². The Morgan fingerprint density at radius 3 is 2.46 bits per heavy atom. The molecule has 0 bridgehead atoms. The standard InChI is InChI=1S/C17H18N4O3/c1-12(2)20(17(23)24)11-15(22)16(13-6-4-3-5-7-13)21-9-8-14(10-18)19-21/h3-9,12,16H,11H2,1-2H3,(H,23,24). The highest BCUT2D eigenvalue weighted by molar-refractivity contribution is 5.89. The van der Waals surface area contributed by atoms with E-state index in [1.54, 1.807) is 44.3 Å². The van der Waals surface area contributed by atoms with Gasteiger partial charge in [0.1, 0.15) is 12.1 Å². The Bertz CT molecular complexity index is 762. The van der Waals surface area contributed by atoms with Crippen molar-refractivity contribution in [1.29, 1.82) is 5.26 Å². The number of aromatic nitrogens is 2. The zero-order valence-electron chi connectivity index (χ0n) is 13.5. The largest absolute Gasteiger partial charge is 0.465 e. The summed E-state index contributed by atoms with van der Waals surface area (Å²) >= 11 is 0. The molecule has 0 fully saturated rings. The number of rotatable bonds is 6. The van der Waals surface area contributed by atoms with Crippen molar-refractivity contribution in [1.82, 2.24) is 14.7 Å². The van der Waals surface area contributed by atoms with E-state index in [1.807, 2.05) is 12.1 Å². The van der Waals surface area contributed by atoms with Crippen molar-refractivity contribution in [2.24, 2.45) is 0 Å². The number of amides is 1. The number of ketones is 1. The molecule has 1 amide bonds. The second-order valence-electron chi connectivity index (χ2n) is 5.58. The van der Waals surface area contributed by atoms with Gasteiger partial charge in [0.25, 0.3) is 0 Å². The Labute approximate surface area is 139 Å². The minimum Gasteiger partial charge on any atom is -0.465 e. The van der Waals surface area contributed by atoms with Crippen molar-refractivity contribution in [3.63, 3.8) is 0 Å². The third-order valence-electron chi connectivity index (χ3n) is 3.60. The van der Waals surface area contributed by atoms with E-state index in [2.05, 4.69) is 5.10 Å². The molecule has 0 radical (unpaired) electrons. The van der Waals surface area contributed by atoms with Gasteiger partial charge in [-0.2, -0.15) is 10.4 Å². The lowest BCUT2D eigenvalue weighted by atomic mass is 10.0. The number of hydrogen-bond acceptors (Lipinski definition) is 4. The number of hydrogen-bond donors (Lipinski definition) is 1. The number of benzene rings is 1. The Kier molecular flexibility index (Phi) is 5.32. The number of carbonyl (C=O) groups excluding carboxylic acids is 1. The summed E-state index contributed by atoms with van der Waals surface area (Å²) in [6.45, 7) is 3.16. The lowest BCUT2D eigenvalue weighted by Gasteiger charge is -2.25. The second kappa shape index (κ2) is 7.42. The first kappa shape index (κ1) is 17.2. The normalized spacial score (nSPS) is 11.8. The summed E-state index contributed by atoms with van der Waals surface area (Å²) in [4.78, 5) is 25.2. The molecule has 24 heavy (non-hydrogen) atoms. The maximum Gasteiger partial charge on any atom is 0.407 e. The number of nitriles is 1. The third kappa shape index (κ3) is 3.79. The molecule has 1 heterocycles. The number of nitrogens with zero attached hydrogens (tertiary/aromatic N) is 4. The first-order valence-corrected chi connectivity index (χ1v) is 7.46. The van der Waals surface area contributed by atoms with E-state index in [4.69, 9.17) is 5.26 Å². The van der Waals surface area contributed by atoms with Crippen molar-refractivity contribution < 1.29 is 14.7 Å². The van der Waals surface area contributed by atoms with Crippen LogP contribution in [0.5, 0.6) is 0 Å². The van der Waals surface area contributed by atoms with Crippen LogP contribution in [0.15, 0.2) is 42.6 Å². The molecular weight excluding hydrogens is 308 g/mol. The molecule has 2 aromatic rings. The van der Waals surface area contributed by atoms with Crippen LogP contribution in [0.2, 0.25) is 0 Å². The van der Waals surface area contributed by atoms with Crippen molar-refractivity contribution in [3.05, 3.63) is 53.9 Å². The zero-order chi connectivity index (χ0) is 17.7. The zero-order valence-corrected chi connectivity index (χ0v) is 13.5. The van der Waals surface area contributed by atoms with Gasteiger partial charge in [-0.05, 0) is 25.5 Å². The number of Topliss-reactive ketones (excluding diaryl/α,β-unsaturated/α-hetero) is 1. The minimum absolute atomic E-state index is 0.197. The highest BCUT2D eigenvalue weighted by Crippen LogP contribution is 2.20. The van der Waals surface area contributed by atoms with Crippen molar-refractivity contribution >= 4 is 11.9 Å². The van der Waals surface area contributed by atoms with Gasteiger partial charge < -0.3 is 5.11 Å². The molecule has 0 saturated heterocycles. The van der Waals surface area contributed by atoms with Crippen LogP contribution in [-0.2, 0) is 4.79 Å². The van der Waals surface area contributed by atoms with Crippen LogP contribution in [0.4, 0.5) is 4.79 Å². The van der Waals surface area contributed by atoms with Gasteiger partial charge in [0, 0.05) is 12.2 Å². The molecule has 1 aromatic heterocycles. The molecule has 1 aromatic carbocycles. The van der Waals surface area contributed by atoms with Crippen LogP contribution in [-0.4, -0.2) is 44.3 Å². The van der Waals surface area contributed by atoms with Crippen LogP contribution in [0.1, 0.15) is 31.1 Å². The SMILES string of the molecule is CC(C)N(CC(=O)C(c1ccccc1)n1ccc(C#N)n1)C(=O)O. The summed E-state index contributed by atoms with van der Waals surface area (Å²) < 4.78 is 1.40. The van der Waals surface area contributed by atoms with Gasteiger partial charge in [0.2, 0.25) is 0 Å². The smallest absolute Gasteiger partial charge is 0.407 e. The lowest BCUT2D eigenvalue weighted by molar-refractivity contribution is -0.122. The minimum atomic E-state index is -1.15. The van der Waals surface area contributed by atoms with E-state index < -0.39 is 12.1 Å². The van der Waals surface area contributed by atoms with Gasteiger partial charge in [-0.3, -0.25) is 14.4 Å². The quantitative estimate of drug-likeness (QED) is 0.878. The predicted octanol–water partition coefficient (Wildman–Crippen LogP) is 2.30. The monoisotopic (exact) mass is 326 g/mol. The Morgan fingerprint density at radius 1 is 1.29 bits per heavy atom. The summed E-state index contributed by atoms with van der Waals surface area (Å²) in [5, 5.41) is 22.3. The van der Waals surface area contributed by atoms with Crippen molar-refractivity contribution in [3.8, 4) is 6.07 Å². The molecule has 7 heteroatoms. The lowest BCUT2D eigenvalue weighted by Crippen LogP contribution is -2.42. The van der Waals surface area contributed by atoms with Crippen LogP contribution in [0, 0.1) is 11.3 Å². The van der Waals surface area contributed by atoms with Gasteiger partial charge in [-0.25, -0.2) is 4.79 Å². The van der Waals surface area contributed by atoms with E-state index in [9.17, 15) is 14.7 Å². The van der Waals surface area contributed by atoms with E-state index in [0.29, 0.717) is 5.56 Å². The van der Waals surface area contributed by atoms with Crippen molar-refractivity contribution in [2.75, 3.05) is 6.54 Å². The Balaban J connectivity index is 2.37. The van der Waals surface area contributed by atoms with E-state index in [1.165, 1.54) is 10.7 Å². The summed E-state index contributed by atoms with van der Waals surface area (Å²) in [5.74, 6) is -0.315. The molecule has 0 aliphatic heterocycles. The maximum atomic E-state index is 12.8. The maximum absolute atomic E-state index is 12.8. The van der Waals surface area contributed by atoms with Crippen LogP contribution in [0.25, 0.3) is 0 Å². The fourth-order valence-electron chi connectivity index (χ4n) is 2.39. The van der Waals surface area contributed by atoms with E-state index >= 15 is 0 Å². The average Bonchev–Trinajstić information content (AvgIpc) is 3.02. The summed E-state index contributed by atoms with van der Waals surface area (Å²) in [5.41, 5.74) is 0.881. The Hall–Kier alpha value is -3.14. The van der Waals surface area contributed by atoms with E-state index in [0.717, 1.165) is 4.90 Å². The first-order valence-electron chi connectivity index (χ1n) is 7.46. The summed E-state index contributed by atoms with van der Waals surface area (Å²) in [6.07, 6.45) is 0.401. The molecule has 2 rings (SSSR count). The molecule has 7 nitrogen and oxygen atoms in total. The highest BCUT2D eigenvalue weighted by Gasteiger charge is 2.28. The molecule has 1 unspecified atom stereocenters. The van der Waals surface area contributed by atoms with Crippen LogP contribution in [0.3, 0.4) is 0 Å². The predicted molar refractivity (Wildman–Crippen MR) is 86.4 cm³/mol. The number of carbonyl (C=O) groups is 2. The van der Waals surface area contributed by atoms with Gasteiger partial charge >= 0.3 is 6.09 Å². The second-order valence-corrected chi connectivity index (χ2v) is 5.58. The molecule has 0 spiro atoms. The van der Waals surface area contributed by atoms with Crippen molar-refractivity contribution in [2.45, 2.75) is 25.9 Å². The molecule has 0 saturated carbocycles. The molecule has 0 aliphatic rings. The molecule has 1 N–H and O–H groups in total. The van der Waals surface area contributed by atoms with Gasteiger partial charge in [-0.1, -0.05) is 30.3 Å². The highest BCUT2D eigenvalue weighted by atomic mass is 16.4. The summed E-state index contributed by atoms with van der Waals surface area (Å²) in [7, 11) is 0. The molecule has 0 aliphatic carbocycles. The first-order chi connectivity index (χ1) is 11.4. The topological polar surface area (TPSA) is 99.2 Å². The molecule has 1 atom stereocenters. The molecule has 124 valence electrons. The fourth-order valence-corrected chi connectivity index (χ4v) is 2.39. The molecular formula is C17H18N4O3. The fraction of sp³-hybridized carbons (Fsp3) is 0.294.